The normalized spacial score (nSPS) is 19.8. The predicted octanol–water partition coefficient (Wildman–Crippen LogP) is 9.88. The van der Waals surface area contributed by atoms with Gasteiger partial charge in [-0.15, -0.1) is 0 Å². The van der Waals surface area contributed by atoms with Crippen molar-refractivity contribution in [1.29, 1.82) is 0 Å². The first-order chi connectivity index (χ1) is 38.7. The van der Waals surface area contributed by atoms with Crippen LogP contribution in [0.2, 0.25) is 0 Å². The van der Waals surface area contributed by atoms with E-state index in [0.29, 0.717) is 0 Å². The van der Waals surface area contributed by atoms with Gasteiger partial charge in [-0.25, -0.2) is 17.6 Å². The van der Waals surface area contributed by atoms with Gasteiger partial charge in [0.25, 0.3) is 11.8 Å². The molecule has 2 aromatic heterocycles. The van der Waals surface area contributed by atoms with Crippen molar-refractivity contribution in [3.8, 4) is 11.5 Å². The second-order valence-corrected chi connectivity index (χ2v) is 19.7. The van der Waals surface area contributed by atoms with Gasteiger partial charge in [0.1, 0.15) is 35.5 Å². The number of hydrogen-bond donors (Lipinski definition) is 2. The van der Waals surface area contributed by atoms with E-state index in [2.05, 4.69) is 0 Å². The second kappa shape index (κ2) is 21.9. The Bertz CT molecular complexity index is 3600. The number of benzene rings is 6. The number of aromatic nitrogens is 2. The monoisotopic (exact) mass is 1080 g/mol. The molecule has 14 nitrogen and oxygen atoms in total. The van der Waals surface area contributed by atoms with Crippen molar-refractivity contribution in [1.82, 2.24) is 18.9 Å². The topological polar surface area (TPSA) is 178 Å². The molecule has 6 atom stereocenters. The molecule has 0 bridgehead atoms. The standard InChI is InChI=1S/2C31H24F2N2O5/c2*32-21-13-11-18(23(33)15-21)12-14-24(36)22-16-34-17-25-35(31(39)27(34)29(38)28(22)37)26(19-7-3-1-4-8-19)30(40-25)20-9-5-2-6-10-20/h2*1-11,13,15-16,25-26,30,38H,12,14,17H2/t25-,26+,30-;25-,26-,30+/m01/s1. The number of carbonyl (C=O) groups is 4. The van der Waals surface area contributed by atoms with E-state index in [4.69, 9.17) is 9.47 Å². The fourth-order valence-corrected chi connectivity index (χ4v) is 11.1. The van der Waals surface area contributed by atoms with Gasteiger partial charge in [-0.2, -0.15) is 0 Å². The summed E-state index contributed by atoms with van der Waals surface area (Å²) in [5.41, 5.74) is 0.630. The molecule has 0 saturated carbocycles. The summed E-state index contributed by atoms with van der Waals surface area (Å²) in [7, 11) is 0. The van der Waals surface area contributed by atoms with Gasteiger partial charge in [-0.05, 0) is 58.4 Å². The largest absolute Gasteiger partial charge is 0.503 e. The van der Waals surface area contributed by atoms with Gasteiger partial charge in [0, 0.05) is 37.4 Å². The number of nitrogens with zero attached hydrogens (tertiary/aromatic N) is 4. The van der Waals surface area contributed by atoms with E-state index in [1.807, 2.05) is 121 Å². The van der Waals surface area contributed by atoms with Crippen molar-refractivity contribution < 1.29 is 56.4 Å². The first-order valence-electron chi connectivity index (χ1n) is 25.7. The second-order valence-electron chi connectivity index (χ2n) is 19.7. The summed E-state index contributed by atoms with van der Waals surface area (Å²) < 4.78 is 70.1. The first kappa shape index (κ1) is 52.8. The fraction of sp³-hybridized carbons (Fsp3) is 0.194. The predicted molar refractivity (Wildman–Crippen MR) is 282 cm³/mol. The van der Waals surface area contributed by atoms with Gasteiger partial charge in [0.15, 0.2) is 46.9 Å². The van der Waals surface area contributed by atoms with E-state index in [0.717, 1.165) is 46.5 Å². The summed E-state index contributed by atoms with van der Waals surface area (Å²) in [6, 6.07) is 42.8. The van der Waals surface area contributed by atoms with E-state index in [9.17, 15) is 56.5 Å². The number of ether oxygens (including phenoxy) is 2. The van der Waals surface area contributed by atoms with Crippen molar-refractivity contribution in [3.05, 3.63) is 270 Å². The number of aryl methyl sites for hydroxylation is 2. The fourth-order valence-electron chi connectivity index (χ4n) is 11.1. The Morgan fingerprint density at radius 3 is 1.15 bits per heavy atom. The van der Waals surface area contributed by atoms with Crippen LogP contribution in [0.5, 0.6) is 11.5 Å². The maximum absolute atomic E-state index is 14.0. The van der Waals surface area contributed by atoms with Crippen LogP contribution in [0.15, 0.2) is 180 Å². The molecule has 2 amide bonds. The Morgan fingerprint density at radius 2 is 0.812 bits per heavy atom. The molecule has 80 heavy (non-hydrogen) atoms. The number of hydrogen-bond acceptors (Lipinski definition) is 10. The molecule has 404 valence electrons. The van der Waals surface area contributed by atoms with Crippen molar-refractivity contribution in [3.63, 3.8) is 0 Å². The molecule has 0 aliphatic carbocycles. The molecule has 0 unspecified atom stereocenters. The zero-order chi connectivity index (χ0) is 55.9. The number of fused-ring (bicyclic) bond motifs is 4. The lowest BCUT2D eigenvalue weighted by Crippen LogP contribution is -2.47. The molecule has 2 saturated heterocycles. The number of amides is 2. The zero-order valence-electron chi connectivity index (χ0n) is 42.3. The van der Waals surface area contributed by atoms with Crippen LogP contribution in [0.25, 0.3) is 0 Å². The van der Waals surface area contributed by atoms with Crippen LogP contribution >= 0.6 is 0 Å². The van der Waals surface area contributed by atoms with Crippen LogP contribution in [-0.2, 0) is 35.4 Å². The quantitative estimate of drug-likeness (QED) is 0.0884. The van der Waals surface area contributed by atoms with Gasteiger partial charge in [0.2, 0.25) is 10.9 Å². The molecule has 18 heteroatoms. The third-order valence-corrected chi connectivity index (χ3v) is 14.9. The zero-order valence-corrected chi connectivity index (χ0v) is 42.3. The van der Waals surface area contributed by atoms with E-state index in [1.165, 1.54) is 33.7 Å². The number of Topliss-reactive ketones (excluding diaryl/α,β-unsaturated/α-hetero) is 2. The molecule has 6 aromatic carbocycles. The van der Waals surface area contributed by atoms with Gasteiger partial charge in [0.05, 0.1) is 36.3 Å². The molecule has 4 aliphatic rings. The van der Waals surface area contributed by atoms with Crippen LogP contribution in [0.1, 0.15) is 112 Å². The van der Waals surface area contributed by atoms with E-state index < -0.39 is 106 Å². The Balaban J connectivity index is 0.000000169. The third-order valence-electron chi connectivity index (χ3n) is 14.9. The molecule has 0 radical (unpaired) electrons. The highest BCUT2D eigenvalue weighted by molar-refractivity contribution is 6.01. The molecule has 0 spiro atoms. The molecule has 2 fully saturated rings. The van der Waals surface area contributed by atoms with Gasteiger partial charge in [-0.3, -0.25) is 38.6 Å². The number of halogens is 4. The molecule has 12 rings (SSSR count). The van der Waals surface area contributed by atoms with Crippen LogP contribution < -0.4 is 10.9 Å². The van der Waals surface area contributed by atoms with Crippen molar-refractivity contribution in [2.45, 2.75) is 75.5 Å². The number of rotatable bonds is 12. The van der Waals surface area contributed by atoms with E-state index in [1.54, 1.807) is 9.80 Å². The highest BCUT2D eigenvalue weighted by Crippen LogP contribution is 2.49. The van der Waals surface area contributed by atoms with Crippen molar-refractivity contribution >= 4 is 23.4 Å². The number of aromatic hydroxyl groups is 2. The molecule has 4 aliphatic heterocycles. The average Bonchev–Trinajstić information content (AvgIpc) is 4.27. The Kier molecular flexibility index (Phi) is 14.4. The average molecular weight is 1090 g/mol. The first-order valence-corrected chi connectivity index (χ1v) is 25.7. The van der Waals surface area contributed by atoms with E-state index >= 15 is 0 Å². The van der Waals surface area contributed by atoms with Gasteiger partial charge < -0.3 is 28.8 Å². The van der Waals surface area contributed by atoms with Crippen LogP contribution in [0, 0.1) is 23.3 Å². The van der Waals surface area contributed by atoms with Crippen molar-refractivity contribution in [2.24, 2.45) is 0 Å². The van der Waals surface area contributed by atoms with Crippen LogP contribution in [0.4, 0.5) is 17.6 Å². The lowest BCUT2D eigenvalue weighted by atomic mass is 9.94. The minimum Gasteiger partial charge on any atom is -0.503 e. The molecule has 2 N–H and O–H groups in total. The highest BCUT2D eigenvalue weighted by atomic mass is 19.1. The molecule has 6 heterocycles. The summed E-state index contributed by atoms with van der Waals surface area (Å²) >= 11 is 0. The number of carbonyl (C=O) groups excluding carboxylic acids is 4. The summed E-state index contributed by atoms with van der Waals surface area (Å²) in [5, 5.41) is 21.8. The lowest BCUT2D eigenvalue weighted by molar-refractivity contribution is -0.0159. The van der Waals surface area contributed by atoms with Crippen LogP contribution in [-0.4, -0.2) is 65.0 Å². The van der Waals surface area contributed by atoms with Gasteiger partial charge >= 0.3 is 0 Å². The molecule has 8 aromatic rings. The third kappa shape index (κ3) is 9.87. The minimum absolute atomic E-state index is 0.0666. The van der Waals surface area contributed by atoms with Crippen molar-refractivity contribution in [2.75, 3.05) is 0 Å². The van der Waals surface area contributed by atoms with Crippen LogP contribution in [0.3, 0.4) is 0 Å². The summed E-state index contributed by atoms with van der Waals surface area (Å²) in [4.78, 5) is 82.9. The highest BCUT2D eigenvalue weighted by Gasteiger charge is 2.52. The molecular weight excluding hydrogens is 1040 g/mol. The maximum Gasteiger partial charge on any atom is 0.277 e. The Morgan fingerprint density at radius 1 is 0.475 bits per heavy atom. The smallest absolute Gasteiger partial charge is 0.277 e. The summed E-state index contributed by atoms with van der Waals surface area (Å²) in [5.74, 6) is -7.14. The number of ketones is 2. The molecular formula is C62H48F4N4O10. The summed E-state index contributed by atoms with van der Waals surface area (Å²) in [6.07, 6.45) is -0.584. The maximum atomic E-state index is 14.0. The van der Waals surface area contributed by atoms with Gasteiger partial charge in [-0.1, -0.05) is 133 Å². The number of pyridine rings is 2. The Labute approximate surface area is 453 Å². The van der Waals surface area contributed by atoms with E-state index in [-0.39, 0.29) is 72.4 Å². The lowest BCUT2D eigenvalue weighted by Gasteiger charge is -2.35. The minimum atomic E-state index is -0.974. The Hall–Kier alpha value is -9.26. The SMILES string of the molecule is O=C(CCc1ccc(F)cc1F)c1cn2c(c(O)c1=O)C(=O)N1[C@H](C2)O[C@@H](c2ccccc2)[C@H]1c1ccccc1.O=C(CCc1ccc(F)cc1F)c1cn2c(c(O)c1=O)C(=O)N1[C@H](c3ccccc3)[C@H](c3ccccc3)O[C@@H]1C2. The summed E-state index contributed by atoms with van der Waals surface area (Å²) in [6.45, 7) is 0.156.